The molecule has 30 heavy (non-hydrogen) atoms. The van der Waals surface area contributed by atoms with Crippen LogP contribution in [0.2, 0.25) is 0 Å². The molecule has 0 saturated carbocycles. The molecule has 150 valence electrons. The first-order valence-corrected chi connectivity index (χ1v) is 10.1. The van der Waals surface area contributed by atoms with Crippen molar-refractivity contribution in [2.45, 2.75) is 6.10 Å². The number of hydrogen-bond acceptors (Lipinski definition) is 4. The van der Waals surface area contributed by atoms with Crippen LogP contribution in [-0.4, -0.2) is 23.3 Å². The zero-order chi connectivity index (χ0) is 20.9. The van der Waals surface area contributed by atoms with Gasteiger partial charge in [-0.1, -0.05) is 64.5 Å². The summed E-state index contributed by atoms with van der Waals surface area (Å²) in [6.45, 7) is -0.299. The second kappa shape index (κ2) is 8.97. The van der Waals surface area contributed by atoms with Crippen LogP contribution in [0.3, 0.4) is 0 Å². The number of hydrogen-bond donors (Lipinski definition) is 1. The molecule has 0 amide bonds. The van der Waals surface area contributed by atoms with Gasteiger partial charge < -0.3 is 14.5 Å². The van der Waals surface area contributed by atoms with Crippen LogP contribution < -0.4 is 4.74 Å². The van der Waals surface area contributed by atoms with E-state index in [2.05, 4.69) is 20.9 Å². The molecule has 1 atom stereocenters. The van der Waals surface area contributed by atoms with Crippen molar-refractivity contribution in [3.63, 3.8) is 0 Å². The summed E-state index contributed by atoms with van der Waals surface area (Å²) in [4.78, 5) is 28.9. The zero-order valence-corrected chi connectivity index (χ0v) is 17.5. The lowest BCUT2D eigenvalue weighted by atomic mass is 9.99. The number of H-pyrrole nitrogens is 1. The van der Waals surface area contributed by atoms with Crippen LogP contribution in [0.4, 0.5) is 0 Å². The van der Waals surface area contributed by atoms with Gasteiger partial charge in [0.1, 0.15) is 5.75 Å². The molecule has 0 aliphatic heterocycles. The number of carbonyl (C=O) groups is 2. The molecule has 4 aromatic rings. The standard InChI is InChI=1S/C24H18BrNO4/c25-17-10-12-18(13-11-17)29-15-22(27)30-24(16-6-2-1-3-7-16)23(28)20-14-26-21-9-5-4-8-19(20)21/h1-14,24,26H,15H2. The molecule has 0 radical (unpaired) electrons. The first-order valence-electron chi connectivity index (χ1n) is 9.35. The Labute approximate surface area is 181 Å². The van der Waals surface area contributed by atoms with Gasteiger partial charge in [0.25, 0.3) is 0 Å². The predicted octanol–water partition coefficient (Wildman–Crippen LogP) is 5.48. The minimum atomic E-state index is -1.06. The Morgan fingerprint density at radius 1 is 0.900 bits per heavy atom. The van der Waals surface area contributed by atoms with Gasteiger partial charge in [-0.25, -0.2) is 4.79 Å². The van der Waals surface area contributed by atoms with E-state index in [1.54, 1.807) is 42.6 Å². The molecule has 5 nitrogen and oxygen atoms in total. The number of ketones is 1. The summed E-state index contributed by atoms with van der Waals surface area (Å²) in [6, 6.07) is 23.6. The highest BCUT2D eigenvalue weighted by atomic mass is 79.9. The number of para-hydroxylation sites is 1. The minimum absolute atomic E-state index is 0.296. The summed E-state index contributed by atoms with van der Waals surface area (Å²) in [5, 5.41) is 0.783. The van der Waals surface area contributed by atoms with Gasteiger partial charge >= 0.3 is 5.97 Å². The fourth-order valence-corrected chi connectivity index (χ4v) is 3.42. The molecule has 0 aliphatic carbocycles. The molecule has 1 aromatic heterocycles. The first kappa shape index (κ1) is 19.9. The van der Waals surface area contributed by atoms with Gasteiger partial charge in [-0.3, -0.25) is 4.79 Å². The summed E-state index contributed by atoms with van der Waals surface area (Å²) >= 11 is 3.35. The highest BCUT2D eigenvalue weighted by Gasteiger charge is 2.28. The Bertz CT molecular complexity index is 1170. The third-order valence-electron chi connectivity index (χ3n) is 4.61. The van der Waals surface area contributed by atoms with Crippen LogP contribution in [-0.2, 0) is 9.53 Å². The first-order chi connectivity index (χ1) is 14.6. The zero-order valence-electron chi connectivity index (χ0n) is 15.9. The van der Waals surface area contributed by atoms with Gasteiger partial charge in [0.15, 0.2) is 12.7 Å². The second-order valence-corrected chi connectivity index (χ2v) is 7.55. The summed E-state index contributed by atoms with van der Waals surface area (Å²) in [7, 11) is 0. The van der Waals surface area contributed by atoms with Crippen LogP contribution in [0.1, 0.15) is 22.0 Å². The predicted molar refractivity (Wildman–Crippen MR) is 118 cm³/mol. The van der Waals surface area contributed by atoms with Crippen LogP contribution >= 0.6 is 15.9 Å². The number of rotatable bonds is 7. The summed E-state index contributed by atoms with van der Waals surface area (Å²) in [6.07, 6.45) is 0.584. The number of halogens is 1. The topological polar surface area (TPSA) is 68.4 Å². The SMILES string of the molecule is O=C(COc1ccc(Br)cc1)OC(C(=O)c1c[nH]c2ccccc12)c1ccccc1. The van der Waals surface area contributed by atoms with E-state index in [0.717, 1.165) is 15.4 Å². The van der Waals surface area contributed by atoms with E-state index in [0.29, 0.717) is 16.9 Å². The van der Waals surface area contributed by atoms with Gasteiger partial charge in [-0.15, -0.1) is 0 Å². The van der Waals surface area contributed by atoms with Crippen molar-refractivity contribution in [3.05, 3.63) is 101 Å². The number of ether oxygens (including phenoxy) is 2. The molecule has 1 N–H and O–H groups in total. The van der Waals surface area contributed by atoms with Crippen molar-refractivity contribution in [2.75, 3.05) is 6.61 Å². The number of aromatic nitrogens is 1. The van der Waals surface area contributed by atoms with Gasteiger partial charge in [0, 0.05) is 32.7 Å². The number of benzene rings is 3. The van der Waals surface area contributed by atoms with Crippen LogP contribution in [0, 0.1) is 0 Å². The monoisotopic (exact) mass is 463 g/mol. The molecule has 0 aliphatic rings. The Balaban J connectivity index is 1.55. The maximum atomic E-state index is 13.3. The maximum Gasteiger partial charge on any atom is 0.345 e. The van der Waals surface area contributed by atoms with E-state index < -0.39 is 12.1 Å². The molecule has 0 saturated heterocycles. The fraction of sp³-hybridized carbons (Fsp3) is 0.0833. The van der Waals surface area contributed by atoms with E-state index in [4.69, 9.17) is 9.47 Å². The van der Waals surface area contributed by atoms with Crippen molar-refractivity contribution in [1.82, 2.24) is 4.98 Å². The van der Waals surface area contributed by atoms with Crippen molar-refractivity contribution in [3.8, 4) is 5.75 Å². The average Bonchev–Trinajstić information content (AvgIpc) is 3.21. The quantitative estimate of drug-likeness (QED) is 0.291. The number of carbonyl (C=O) groups excluding carboxylic acids is 2. The molecule has 0 fully saturated rings. The van der Waals surface area contributed by atoms with Crippen molar-refractivity contribution >= 4 is 38.6 Å². The summed E-state index contributed by atoms with van der Waals surface area (Å²) in [5.74, 6) is -0.384. The Morgan fingerprint density at radius 3 is 2.37 bits per heavy atom. The third-order valence-corrected chi connectivity index (χ3v) is 5.14. The Morgan fingerprint density at radius 2 is 1.60 bits per heavy atom. The number of nitrogens with one attached hydrogen (secondary N) is 1. The average molecular weight is 464 g/mol. The highest BCUT2D eigenvalue weighted by molar-refractivity contribution is 9.10. The van der Waals surface area contributed by atoms with Crippen molar-refractivity contribution < 1.29 is 19.1 Å². The largest absolute Gasteiger partial charge is 0.482 e. The van der Waals surface area contributed by atoms with Gasteiger partial charge in [-0.2, -0.15) is 0 Å². The number of esters is 1. The lowest BCUT2D eigenvalue weighted by Crippen LogP contribution is -2.23. The van der Waals surface area contributed by atoms with E-state index in [-0.39, 0.29) is 12.4 Å². The van der Waals surface area contributed by atoms with Crippen LogP contribution in [0.5, 0.6) is 5.75 Å². The fourth-order valence-electron chi connectivity index (χ4n) is 3.16. The van der Waals surface area contributed by atoms with E-state index in [1.165, 1.54) is 0 Å². The lowest BCUT2D eigenvalue weighted by Gasteiger charge is -2.17. The summed E-state index contributed by atoms with van der Waals surface area (Å²) < 4.78 is 12.0. The number of aromatic amines is 1. The Hall–Kier alpha value is -3.38. The highest BCUT2D eigenvalue weighted by Crippen LogP contribution is 2.27. The molecular formula is C24H18BrNO4. The lowest BCUT2D eigenvalue weighted by molar-refractivity contribution is -0.149. The van der Waals surface area contributed by atoms with Crippen molar-refractivity contribution in [1.29, 1.82) is 0 Å². The molecule has 0 spiro atoms. The van der Waals surface area contributed by atoms with Crippen LogP contribution in [0.15, 0.2) is 89.5 Å². The van der Waals surface area contributed by atoms with Gasteiger partial charge in [0.05, 0.1) is 0 Å². The van der Waals surface area contributed by atoms with Crippen LogP contribution in [0.25, 0.3) is 10.9 Å². The van der Waals surface area contributed by atoms with Gasteiger partial charge in [-0.05, 0) is 30.3 Å². The molecule has 1 heterocycles. The summed E-state index contributed by atoms with van der Waals surface area (Å²) in [5.41, 5.74) is 1.92. The normalized spacial score (nSPS) is 11.8. The molecule has 1 unspecified atom stereocenters. The number of Topliss-reactive ketones (excluding diaryl/α,β-unsaturated/α-hetero) is 1. The molecule has 6 heteroatoms. The minimum Gasteiger partial charge on any atom is -0.482 e. The molecule has 4 rings (SSSR count). The smallest absolute Gasteiger partial charge is 0.345 e. The number of fused-ring (bicyclic) bond motifs is 1. The van der Waals surface area contributed by atoms with Crippen molar-refractivity contribution in [2.24, 2.45) is 0 Å². The van der Waals surface area contributed by atoms with E-state index in [1.807, 2.05) is 42.5 Å². The molecular weight excluding hydrogens is 446 g/mol. The second-order valence-electron chi connectivity index (χ2n) is 6.64. The molecule has 3 aromatic carbocycles. The van der Waals surface area contributed by atoms with E-state index >= 15 is 0 Å². The molecule has 0 bridgehead atoms. The third kappa shape index (κ3) is 4.44. The van der Waals surface area contributed by atoms with Gasteiger partial charge in [0.2, 0.25) is 5.78 Å². The maximum absolute atomic E-state index is 13.3. The van der Waals surface area contributed by atoms with E-state index in [9.17, 15) is 9.59 Å². The Kier molecular flexibility index (Phi) is 5.95.